The van der Waals surface area contributed by atoms with Gasteiger partial charge in [-0.2, -0.15) is 0 Å². The van der Waals surface area contributed by atoms with Crippen LogP contribution in [-0.2, 0) is 6.42 Å². The van der Waals surface area contributed by atoms with E-state index in [1.54, 1.807) is 12.1 Å². The number of hydrogen-bond acceptors (Lipinski definition) is 2. The van der Waals surface area contributed by atoms with E-state index in [9.17, 15) is 4.79 Å². The second-order valence-corrected chi connectivity index (χ2v) is 5.34. The molecule has 1 aromatic heterocycles. The minimum absolute atomic E-state index is 0.114. The molecule has 19 heavy (non-hydrogen) atoms. The van der Waals surface area contributed by atoms with Crippen LogP contribution in [0.4, 0.5) is 0 Å². The molecular weight excluding hydrogens is 262 g/mol. The van der Waals surface area contributed by atoms with Crippen molar-refractivity contribution in [3.8, 4) is 0 Å². The Morgan fingerprint density at radius 2 is 2.11 bits per heavy atom. The van der Waals surface area contributed by atoms with Crippen molar-refractivity contribution in [1.82, 2.24) is 5.32 Å². The number of hydrogen-bond donors (Lipinski definition) is 1. The molecule has 0 spiro atoms. The molecule has 1 heterocycles. The van der Waals surface area contributed by atoms with Crippen LogP contribution in [0.25, 0.3) is 0 Å². The van der Waals surface area contributed by atoms with E-state index in [1.165, 1.54) is 5.56 Å². The van der Waals surface area contributed by atoms with Gasteiger partial charge < -0.3 is 9.73 Å². The maximum atomic E-state index is 12.1. The number of benzene rings is 1. The first-order valence-electron chi connectivity index (χ1n) is 6.24. The van der Waals surface area contributed by atoms with Crippen molar-refractivity contribution >= 4 is 17.5 Å². The quantitative estimate of drug-likeness (QED) is 0.855. The van der Waals surface area contributed by atoms with Crippen LogP contribution in [0, 0.1) is 6.92 Å². The second kappa shape index (κ2) is 4.74. The molecule has 1 aromatic carbocycles. The molecule has 3 nitrogen and oxygen atoms in total. The summed E-state index contributed by atoms with van der Waals surface area (Å²) >= 11 is 6.33. The fourth-order valence-corrected chi connectivity index (χ4v) is 2.85. The monoisotopic (exact) mass is 275 g/mol. The summed E-state index contributed by atoms with van der Waals surface area (Å²) in [5.41, 5.74) is 2.29. The highest BCUT2D eigenvalue weighted by Gasteiger charge is 2.32. The first-order chi connectivity index (χ1) is 9.15. The molecule has 0 fully saturated rings. The van der Waals surface area contributed by atoms with Crippen LogP contribution < -0.4 is 5.32 Å². The molecule has 0 aliphatic heterocycles. The summed E-state index contributed by atoms with van der Waals surface area (Å²) in [6, 6.07) is 11.3. The highest BCUT2D eigenvalue weighted by Crippen LogP contribution is 2.34. The molecule has 4 heteroatoms. The topological polar surface area (TPSA) is 42.2 Å². The summed E-state index contributed by atoms with van der Waals surface area (Å²) < 4.78 is 5.32. The van der Waals surface area contributed by atoms with Gasteiger partial charge in [-0.3, -0.25) is 4.79 Å². The van der Waals surface area contributed by atoms with E-state index in [4.69, 9.17) is 16.0 Å². The van der Waals surface area contributed by atoms with Crippen molar-refractivity contribution in [2.24, 2.45) is 0 Å². The van der Waals surface area contributed by atoms with E-state index >= 15 is 0 Å². The van der Waals surface area contributed by atoms with Gasteiger partial charge in [0.2, 0.25) is 0 Å². The van der Waals surface area contributed by atoms with E-state index in [0.717, 1.165) is 17.7 Å². The number of carbonyl (C=O) groups is 1. The van der Waals surface area contributed by atoms with E-state index in [2.05, 4.69) is 5.32 Å². The van der Waals surface area contributed by atoms with Gasteiger partial charge in [-0.1, -0.05) is 24.3 Å². The van der Waals surface area contributed by atoms with E-state index in [-0.39, 0.29) is 17.3 Å². The summed E-state index contributed by atoms with van der Waals surface area (Å²) in [4.78, 5) is 12.1. The van der Waals surface area contributed by atoms with Crippen LogP contribution in [0.2, 0.25) is 0 Å². The van der Waals surface area contributed by atoms with Gasteiger partial charge in [-0.25, -0.2) is 0 Å². The molecule has 1 amide bonds. The SMILES string of the molecule is Cc1ccc(C(=O)NC2c3ccccc3CC2Cl)o1. The van der Waals surface area contributed by atoms with E-state index < -0.39 is 0 Å². The molecule has 98 valence electrons. The fraction of sp³-hybridized carbons (Fsp3) is 0.267. The van der Waals surface area contributed by atoms with Crippen molar-refractivity contribution < 1.29 is 9.21 Å². The minimum atomic E-state index is -0.222. The van der Waals surface area contributed by atoms with Gasteiger partial charge in [0.25, 0.3) is 5.91 Å². The number of alkyl halides is 1. The lowest BCUT2D eigenvalue weighted by Gasteiger charge is -2.16. The van der Waals surface area contributed by atoms with Gasteiger partial charge in [-0.05, 0) is 36.6 Å². The molecular formula is C15H14ClNO2. The molecule has 2 unspecified atom stereocenters. The normalized spacial score (nSPS) is 21.2. The molecule has 2 atom stereocenters. The number of rotatable bonds is 2. The third-order valence-electron chi connectivity index (χ3n) is 3.42. The Balaban J connectivity index is 1.82. The number of halogens is 1. The lowest BCUT2D eigenvalue weighted by Crippen LogP contribution is -2.31. The smallest absolute Gasteiger partial charge is 0.287 e. The number of carbonyl (C=O) groups excluding carboxylic acids is 1. The van der Waals surface area contributed by atoms with Gasteiger partial charge in [0, 0.05) is 0 Å². The van der Waals surface area contributed by atoms with Gasteiger partial charge in [0.15, 0.2) is 5.76 Å². The predicted molar refractivity (Wildman–Crippen MR) is 73.4 cm³/mol. The molecule has 2 aromatic rings. The zero-order valence-corrected chi connectivity index (χ0v) is 11.3. The molecule has 0 saturated carbocycles. The van der Waals surface area contributed by atoms with Gasteiger partial charge in [0.05, 0.1) is 11.4 Å². The number of aryl methyl sites for hydroxylation is 1. The zero-order chi connectivity index (χ0) is 13.4. The molecule has 0 saturated heterocycles. The summed E-state index contributed by atoms with van der Waals surface area (Å²) in [5, 5.41) is 2.84. The maximum Gasteiger partial charge on any atom is 0.287 e. The number of nitrogens with one attached hydrogen (secondary N) is 1. The van der Waals surface area contributed by atoms with Gasteiger partial charge in [0.1, 0.15) is 5.76 Å². The average molecular weight is 276 g/mol. The highest BCUT2D eigenvalue weighted by atomic mass is 35.5. The van der Waals surface area contributed by atoms with Crippen molar-refractivity contribution in [2.45, 2.75) is 24.8 Å². The second-order valence-electron chi connectivity index (χ2n) is 4.78. The van der Waals surface area contributed by atoms with Crippen LogP contribution in [0.3, 0.4) is 0 Å². The van der Waals surface area contributed by atoms with Crippen molar-refractivity contribution in [3.05, 3.63) is 59.0 Å². The Morgan fingerprint density at radius 1 is 1.32 bits per heavy atom. The third kappa shape index (κ3) is 2.26. The number of fused-ring (bicyclic) bond motifs is 1. The van der Waals surface area contributed by atoms with Crippen molar-refractivity contribution in [3.63, 3.8) is 0 Å². The summed E-state index contributed by atoms with van der Waals surface area (Å²) in [5.74, 6) is 0.825. The first-order valence-corrected chi connectivity index (χ1v) is 6.68. The highest BCUT2D eigenvalue weighted by molar-refractivity contribution is 6.21. The Hall–Kier alpha value is -1.74. The summed E-state index contributed by atoms with van der Waals surface area (Å²) in [6.45, 7) is 1.81. The molecule has 0 bridgehead atoms. The van der Waals surface area contributed by atoms with Crippen molar-refractivity contribution in [1.29, 1.82) is 0 Å². The van der Waals surface area contributed by atoms with E-state index in [1.807, 2.05) is 31.2 Å². The fourth-order valence-electron chi connectivity index (χ4n) is 2.48. The van der Waals surface area contributed by atoms with Crippen LogP contribution in [0.15, 0.2) is 40.8 Å². The Kier molecular flexibility index (Phi) is 3.07. The summed E-state index contributed by atoms with van der Waals surface area (Å²) in [6.07, 6.45) is 0.778. The summed E-state index contributed by atoms with van der Waals surface area (Å²) in [7, 11) is 0. The number of amides is 1. The van der Waals surface area contributed by atoms with Crippen LogP contribution in [-0.4, -0.2) is 11.3 Å². The average Bonchev–Trinajstić information content (AvgIpc) is 2.95. The standard InChI is InChI=1S/C15H14ClNO2/c1-9-6-7-13(19-9)15(18)17-14-11-5-3-2-4-10(11)8-12(14)16/h2-7,12,14H,8H2,1H3,(H,17,18). The maximum absolute atomic E-state index is 12.1. The first kappa shape index (κ1) is 12.3. The lowest BCUT2D eigenvalue weighted by molar-refractivity contribution is 0.0908. The molecule has 0 radical (unpaired) electrons. The molecule has 1 N–H and O–H groups in total. The predicted octanol–water partition coefficient (Wildman–Crippen LogP) is 3.22. The Labute approximate surface area is 116 Å². The van der Waals surface area contributed by atoms with Crippen LogP contribution in [0.5, 0.6) is 0 Å². The van der Waals surface area contributed by atoms with Gasteiger partial charge in [-0.15, -0.1) is 11.6 Å². The molecule has 3 rings (SSSR count). The van der Waals surface area contributed by atoms with Crippen LogP contribution >= 0.6 is 11.6 Å². The number of furan rings is 1. The van der Waals surface area contributed by atoms with Crippen LogP contribution in [0.1, 0.15) is 33.5 Å². The van der Waals surface area contributed by atoms with E-state index in [0.29, 0.717) is 5.76 Å². The Morgan fingerprint density at radius 3 is 2.84 bits per heavy atom. The molecule has 1 aliphatic carbocycles. The largest absolute Gasteiger partial charge is 0.456 e. The molecule has 1 aliphatic rings. The minimum Gasteiger partial charge on any atom is -0.456 e. The van der Waals surface area contributed by atoms with Crippen molar-refractivity contribution in [2.75, 3.05) is 0 Å². The zero-order valence-electron chi connectivity index (χ0n) is 10.5. The third-order valence-corrected chi connectivity index (χ3v) is 3.82. The Bertz CT molecular complexity index is 620. The van der Waals surface area contributed by atoms with Gasteiger partial charge >= 0.3 is 0 Å². The lowest BCUT2D eigenvalue weighted by atomic mass is 10.1.